The molecule has 2 rings (SSSR count). The van der Waals surface area contributed by atoms with E-state index >= 15 is 0 Å². The van der Waals surface area contributed by atoms with Gasteiger partial charge in [-0.25, -0.2) is 9.97 Å². The molecule has 1 N–H and O–H groups in total. The van der Waals surface area contributed by atoms with E-state index in [9.17, 15) is 0 Å². The highest BCUT2D eigenvalue weighted by atomic mass is 32.2. The van der Waals surface area contributed by atoms with Gasteiger partial charge in [-0.05, 0) is 25.3 Å². The Bertz CT molecular complexity index is 353. The maximum absolute atomic E-state index is 5.35. The fourth-order valence-corrected chi connectivity index (χ4v) is 2.74. The first kappa shape index (κ1) is 11.7. The van der Waals surface area contributed by atoms with Gasteiger partial charge in [0.1, 0.15) is 5.03 Å². The van der Waals surface area contributed by atoms with E-state index < -0.39 is 0 Å². The van der Waals surface area contributed by atoms with Crippen molar-refractivity contribution < 1.29 is 4.74 Å². The summed E-state index contributed by atoms with van der Waals surface area (Å²) in [6.07, 6.45) is 4.10. The van der Waals surface area contributed by atoms with Gasteiger partial charge in [0.05, 0.1) is 0 Å². The Balaban J connectivity index is 2.06. The van der Waals surface area contributed by atoms with Crippen LogP contribution in [0.5, 0.6) is 0 Å². The number of anilines is 1. The van der Waals surface area contributed by atoms with Crippen molar-refractivity contribution in [2.45, 2.75) is 30.0 Å². The number of hydrogen-bond donors (Lipinski definition) is 1. The van der Waals surface area contributed by atoms with Crippen molar-refractivity contribution in [3.05, 3.63) is 11.8 Å². The van der Waals surface area contributed by atoms with Crippen LogP contribution in [0.4, 0.5) is 5.95 Å². The highest BCUT2D eigenvalue weighted by Crippen LogP contribution is 2.30. The van der Waals surface area contributed by atoms with Crippen molar-refractivity contribution in [1.29, 1.82) is 0 Å². The molecule has 0 atom stereocenters. The molecule has 2 heterocycles. The predicted molar refractivity (Wildman–Crippen MR) is 66.0 cm³/mol. The van der Waals surface area contributed by atoms with Crippen molar-refractivity contribution in [1.82, 2.24) is 9.97 Å². The minimum absolute atomic E-state index is 0.632. The van der Waals surface area contributed by atoms with E-state index in [1.165, 1.54) is 0 Å². The third-order valence-electron chi connectivity index (χ3n) is 2.60. The summed E-state index contributed by atoms with van der Waals surface area (Å²) >= 11 is 1.85. The predicted octanol–water partition coefficient (Wildman–Crippen LogP) is 2.10. The van der Waals surface area contributed by atoms with Crippen LogP contribution in [0.15, 0.2) is 11.2 Å². The summed E-state index contributed by atoms with van der Waals surface area (Å²) < 4.78 is 5.35. The summed E-state index contributed by atoms with van der Waals surface area (Å²) in [6.45, 7) is 3.81. The Labute approximate surface area is 100 Å². The summed E-state index contributed by atoms with van der Waals surface area (Å²) in [4.78, 5) is 8.68. The van der Waals surface area contributed by atoms with Gasteiger partial charge >= 0.3 is 0 Å². The molecule has 0 saturated carbocycles. The van der Waals surface area contributed by atoms with Crippen LogP contribution in [0.25, 0.3) is 0 Å². The SMILES string of the molecule is CNc1ncc(C)c(SC2CCOCC2)n1. The minimum Gasteiger partial charge on any atom is -0.381 e. The quantitative estimate of drug-likeness (QED) is 0.818. The zero-order valence-electron chi connectivity index (χ0n) is 9.69. The van der Waals surface area contributed by atoms with E-state index in [4.69, 9.17) is 4.74 Å². The van der Waals surface area contributed by atoms with E-state index in [-0.39, 0.29) is 0 Å². The van der Waals surface area contributed by atoms with Gasteiger partial charge in [-0.1, -0.05) is 0 Å². The molecule has 1 aliphatic rings. The van der Waals surface area contributed by atoms with Gasteiger partial charge in [0, 0.05) is 31.7 Å². The summed E-state index contributed by atoms with van der Waals surface area (Å²) in [6, 6.07) is 0. The molecule has 5 heteroatoms. The Kier molecular flexibility index (Phi) is 4.01. The second-order valence-electron chi connectivity index (χ2n) is 3.86. The van der Waals surface area contributed by atoms with E-state index in [1.54, 1.807) is 0 Å². The van der Waals surface area contributed by atoms with E-state index in [0.29, 0.717) is 11.2 Å². The number of nitrogens with one attached hydrogen (secondary N) is 1. The first-order valence-electron chi connectivity index (χ1n) is 5.55. The smallest absolute Gasteiger partial charge is 0.223 e. The van der Waals surface area contributed by atoms with Gasteiger partial charge in [0.25, 0.3) is 0 Å². The van der Waals surface area contributed by atoms with Crippen LogP contribution >= 0.6 is 11.8 Å². The van der Waals surface area contributed by atoms with Crippen LogP contribution in [-0.2, 0) is 4.74 Å². The lowest BCUT2D eigenvalue weighted by atomic mass is 10.2. The average molecular weight is 239 g/mol. The molecule has 88 valence electrons. The average Bonchev–Trinajstić information content (AvgIpc) is 2.33. The molecule has 0 spiro atoms. The van der Waals surface area contributed by atoms with E-state index in [0.717, 1.165) is 36.6 Å². The van der Waals surface area contributed by atoms with Gasteiger partial charge in [-0.2, -0.15) is 0 Å². The molecule has 0 unspecified atom stereocenters. The first-order chi connectivity index (χ1) is 7.79. The Morgan fingerprint density at radius 3 is 2.88 bits per heavy atom. The van der Waals surface area contributed by atoms with Gasteiger partial charge in [-0.3, -0.25) is 0 Å². The number of thioether (sulfide) groups is 1. The van der Waals surface area contributed by atoms with E-state index in [1.807, 2.05) is 25.0 Å². The number of aromatic nitrogens is 2. The molecule has 0 aromatic carbocycles. The normalized spacial score (nSPS) is 17.4. The van der Waals surface area contributed by atoms with Crippen LogP contribution in [0.2, 0.25) is 0 Å². The van der Waals surface area contributed by atoms with Crippen LogP contribution in [-0.4, -0.2) is 35.5 Å². The Morgan fingerprint density at radius 2 is 2.19 bits per heavy atom. The molecule has 1 aromatic rings. The van der Waals surface area contributed by atoms with Crippen LogP contribution in [0.3, 0.4) is 0 Å². The number of nitrogens with zero attached hydrogens (tertiary/aromatic N) is 2. The maximum atomic E-state index is 5.35. The standard InChI is InChI=1S/C11H17N3OS/c1-8-7-13-11(12-2)14-10(8)16-9-3-5-15-6-4-9/h7,9H,3-6H2,1-2H3,(H,12,13,14). The van der Waals surface area contributed by atoms with Gasteiger partial charge in [-0.15, -0.1) is 11.8 Å². The zero-order chi connectivity index (χ0) is 11.4. The van der Waals surface area contributed by atoms with Crippen LogP contribution < -0.4 is 5.32 Å². The van der Waals surface area contributed by atoms with Gasteiger partial charge < -0.3 is 10.1 Å². The second kappa shape index (κ2) is 5.50. The monoisotopic (exact) mass is 239 g/mol. The fraction of sp³-hybridized carbons (Fsp3) is 0.636. The molecule has 0 radical (unpaired) electrons. The number of rotatable bonds is 3. The third-order valence-corrected chi connectivity index (χ3v) is 4.04. The fourth-order valence-electron chi connectivity index (χ4n) is 1.62. The molecular weight excluding hydrogens is 222 g/mol. The number of aryl methyl sites for hydroxylation is 1. The number of ether oxygens (including phenoxy) is 1. The van der Waals surface area contributed by atoms with Crippen molar-refractivity contribution in [2.75, 3.05) is 25.6 Å². The molecule has 0 aliphatic carbocycles. The summed E-state index contributed by atoms with van der Waals surface area (Å²) in [5, 5.41) is 4.69. The highest BCUT2D eigenvalue weighted by Gasteiger charge is 2.17. The van der Waals surface area contributed by atoms with Crippen molar-refractivity contribution in [3.8, 4) is 0 Å². The molecule has 1 aliphatic heterocycles. The summed E-state index contributed by atoms with van der Waals surface area (Å²) in [5.74, 6) is 0.695. The lowest BCUT2D eigenvalue weighted by molar-refractivity contribution is 0.1000. The molecule has 1 aromatic heterocycles. The van der Waals surface area contributed by atoms with E-state index in [2.05, 4.69) is 22.2 Å². The molecule has 4 nitrogen and oxygen atoms in total. The van der Waals surface area contributed by atoms with Gasteiger partial charge in [0.2, 0.25) is 5.95 Å². The van der Waals surface area contributed by atoms with Crippen LogP contribution in [0, 0.1) is 6.92 Å². The molecular formula is C11H17N3OS. The zero-order valence-corrected chi connectivity index (χ0v) is 10.5. The van der Waals surface area contributed by atoms with Gasteiger partial charge in [0.15, 0.2) is 0 Å². The highest BCUT2D eigenvalue weighted by molar-refractivity contribution is 7.99. The van der Waals surface area contributed by atoms with Crippen molar-refractivity contribution >= 4 is 17.7 Å². The molecule has 0 amide bonds. The Morgan fingerprint density at radius 1 is 1.44 bits per heavy atom. The molecule has 1 fully saturated rings. The van der Waals surface area contributed by atoms with Crippen molar-refractivity contribution in [2.24, 2.45) is 0 Å². The number of hydrogen-bond acceptors (Lipinski definition) is 5. The lowest BCUT2D eigenvalue weighted by Gasteiger charge is -2.21. The third kappa shape index (κ3) is 2.86. The summed E-state index contributed by atoms with van der Waals surface area (Å²) in [7, 11) is 1.84. The summed E-state index contributed by atoms with van der Waals surface area (Å²) in [5.41, 5.74) is 1.15. The second-order valence-corrected chi connectivity index (χ2v) is 5.15. The topological polar surface area (TPSA) is 47.0 Å². The molecule has 16 heavy (non-hydrogen) atoms. The largest absolute Gasteiger partial charge is 0.381 e. The molecule has 0 bridgehead atoms. The maximum Gasteiger partial charge on any atom is 0.223 e. The lowest BCUT2D eigenvalue weighted by Crippen LogP contribution is -2.17. The molecule has 1 saturated heterocycles. The van der Waals surface area contributed by atoms with Crippen LogP contribution in [0.1, 0.15) is 18.4 Å². The minimum atomic E-state index is 0.632. The van der Waals surface area contributed by atoms with Crippen molar-refractivity contribution in [3.63, 3.8) is 0 Å². The first-order valence-corrected chi connectivity index (χ1v) is 6.43. The Hall–Kier alpha value is -0.810.